The number of carbonyl (C=O) groups is 1. The SMILES string of the molecule is O=C(N[CH2][Sn])c1ccccc1F. The fourth-order valence-corrected chi connectivity index (χ4v) is 1.28. The van der Waals surface area contributed by atoms with E-state index < -0.39 is 5.82 Å². The van der Waals surface area contributed by atoms with Crippen molar-refractivity contribution in [3.05, 3.63) is 35.6 Å². The first-order valence-corrected chi connectivity index (χ1v) is 5.45. The van der Waals surface area contributed by atoms with E-state index >= 15 is 0 Å². The summed E-state index contributed by atoms with van der Waals surface area (Å²) < 4.78 is 13.5. The predicted molar refractivity (Wildman–Crippen MR) is 44.5 cm³/mol. The van der Waals surface area contributed by atoms with Crippen LogP contribution in [0.1, 0.15) is 10.4 Å². The van der Waals surface area contributed by atoms with Gasteiger partial charge in [-0.2, -0.15) is 0 Å². The molecule has 12 heavy (non-hydrogen) atoms. The molecule has 0 aliphatic carbocycles. The second kappa shape index (κ2) is 4.45. The molecule has 1 rings (SSSR count). The average Bonchev–Trinajstić information content (AvgIpc) is 2.05. The van der Waals surface area contributed by atoms with Gasteiger partial charge in [0.2, 0.25) is 0 Å². The van der Waals surface area contributed by atoms with Gasteiger partial charge < -0.3 is 0 Å². The third-order valence-corrected chi connectivity index (χ3v) is 1.87. The fraction of sp³-hybridized carbons (Fsp3) is 0.125. The molecule has 0 unspecified atom stereocenters. The Morgan fingerprint density at radius 3 is 2.75 bits per heavy atom. The number of carbonyl (C=O) groups excluding carboxylic acids is 1. The van der Waals surface area contributed by atoms with Crippen LogP contribution < -0.4 is 5.32 Å². The molecule has 0 aliphatic heterocycles. The van der Waals surface area contributed by atoms with Crippen LogP contribution >= 0.6 is 0 Å². The Hall–Kier alpha value is -0.581. The second-order valence-corrected chi connectivity index (χ2v) is 3.17. The third kappa shape index (κ3) is 2.20. The number of nitrogens with one attached hydrogen (secondary N) is 1. The number of halogens is 1. The summed E-state index contributed by atoms with van der Waals surface area (Å²) in [6.45, 7) is 0. The molecule has 0 saturated heterocycles. The zero-order valence-corrected chi connectivity index (χ0v) is 9.16. The Labute approximate surface area is 83.2 Å². The number of rotatable bonds is 2. The van der Waals surface area contributed by atoms with Crippen molar-refractivity contribution in [2.45, 2.75) is 0 Å². The maximum absolute atomic E-state index is 12.9. The molecule has 0 aliphatic rings. The fourth-order valence-electron chi connectivity index (χ4n) is 0.821. The molecule has 1 amide bonds. The van der Waals surface area contributed by atoms with Gasteiger partial charge in [-0.15, -0.1) is 0 Å². The topological polar surface area (TPSA) is 29.1 Å². The minimum atomic E-state index is -0.473. The van der Waals surface area contributed by atoms with Crippen molar-refractivity contribution in [2.75, 3.05) is 4.56 Å². The van der Waals surface area contributed by atoms with E-state index in [-0.39, 0.29) is 11.5 Å². The zero-order chi connectivity index (χ0) is 8.97. The van der Waals surface area contributed by atoms with E-state index in [1.54, 1.807) is 12.1 Å². The Morgan fingerprint density at radius 1 is 1.50 bits per heavy atom. The van der Waals surface area contributed by atoms with Crippen molar-refractivity contribution in [3.63, 3.8) is 0 Å². The zero-order valence-electron chi connectivity index (χ0n) is 6.30. The minimum absolute atomic E-state index is 0.111. The van der Waals surface area contributed by atoms with Crippen molar-refractivity contribution in [2.24, 2.45) is 0 Å². The molecule has 0 fully saturated rings. The number of hydrogen-bond acceptors (Lipinski definition) is 1. The van der Waals surface area contributed by atoms with Gasteiger partial charge in [0.15, 0.2) is 0 Å². The molecule has 0 aromatic heterocycles. The van der Waals surface area contributed by atoms with Crippen LogP contribution in [-0.4, -0.2) is 33.0 Å². The van der Waals surface area contributed by atoms with Gasteiger partial charge in [-0.3, -0.25) is 0 Å². The Balaban J connectivity index is 2.87. The molecular weight excluding hydrogens is 264 g/mol. The molecule has 1 N–H and O–H groups in total. The molecule has 0 atom stereocenters. The summed E-state index contributed by atoms with van der Waals surface area (Å²) in [6, 6.07) is 5.94. The molecule has 3 radical (unpaired) electrons. The van der Waals surface area contributed by atoms with Gasteiger partial charge in [0.1, 0.15) is 0 Å². The molecule has 0 spiro atoms. The van der Waals surface area contributed by atoms with Crippen LogP contribution in [0, 0.1) is 5.82 Å². The van der Waals surface area contributed by atoms with Crippen LogP contribution in [0.4, 0.5) is 4.39 Å². The monoisotopic (exact) mass is 272 g/mol. The van der Waals surface area contributed by atoms with Gasteiger partial charge in [0.05, 0.1) is 0 Å². The number of benzene rings is 1. The normalized spacial score (nSPS) is 9.50. The Kier molecular flexibility index (Phi) is 3.52. The standard InChI is InChI=1S/C8H7FNO.Sn/c1-10-8(11)6-4-2-3-5-7(6)9;/h2-5H,1H2,(H,10,11);. The Morgan fingerprint density at radius 2 is 2.17 bits per heavy atom. The average molecular weight is 271 g/mol. The van der Waals surface area contributed by atoms with E-state index in [4.69, 9.17) is 0 Å². The van der Waals surface area contributed by atoms with E-state index in [2.05, 4.69) is 5.32 Å². The summed E-state index contributed by atoms with van der Waals surface area (Å²) in [4.78, 5) is 11.1. The third-order valence-electron chi connectivity index (χ3n) is 1.37. The molecule has 2 nitrogen and oxygen atoms in total. The summed E-state index contributed by atoms with van der Waals surface area (Å²) in [6.07, 6.45) is 0. The molecule has 1 aromatic rings. The van der Waals surface area contributed by atoms with E-state index in [1.807, 2.05) is 0 Å². The predicted octanol–water partition coefficient (Wildman–Crippen LogP) is 0.681. The summed E-state index contributed by atoms with van der Waals surface area (Å²) in [5, 5.41) is 2.56. The molecule has 4 heteroatoms. The van der Waals surface area contributed by atoms with Gasteiger partial charge in [-0.25, -0.2) is 0 Å². The van der Waals surface area contributed by atoms with Crippen LogP contribution in [0.25, 0.3) is 0 Å². The van der Waals surface area contributed by atoms with Crippen LogP contribution in [0.3, 0.4) is 0 Å². The van der Waals surface area contributed by atoms with Gasteiger partial charge in [0, 0.05) is 0 Å². The van der Waals surface area contributed by atoms with Crippen LogP contribution in [-0.2, 0) is 0 Å². The molecule has 0 saturated carbocycles. The molecule has 0 bridgehead atoms. The van der Waals surface area contributed by atoms with E-state index in [9.17, 15) is 9.18 Å². The van der Waals surface area contributed by atoms with Crippen molar-refractivity contribution in [3.8, 4) is 0 Å². The van der Waals surface area contributed by atoms with Crippen molar-refractivity contribution < 1.29 is 9.18 Å². The van der Waals surface area contributed by atoms with Gasteiger partial charge in [0.25, 0.3) is 0 Å². The van der Waals surface area contributed by atoms with Crippen LogP contribution in [0.5, 0.6) is 0 Å². The Bertz CT molecular complexity index is 290. The first kappa shape index (κ1) is 9.51. The first-order valence-electron chi connectivity index (χ1n) is 3.43. The van der Waals surface area contributed by atoms with Crippen molar-refractivity contribution in [1.29, 1.82) is 0 Å². The summed E-state index contributed by atoms with van der Waals surface area (Å²) in [7, 11) is 0. The molecule has 61 valence electrons. The van der Waals surface area contributed by atoms with E-state index in [0.717, 1.165) is 0 Å². The molecular formula is C8H7FNOSn. The maximum atomic E-state index is 12.9. The van der Waals surface area contributed by atoms with Gasteiger partial charge >= 0.3 is 83.1 Å². The summed E-state index contributed by atoms with van der Waals surface area (Å²) >= 11 is 1.20. The van der Waals surface area contributed by atoms with Crippen LogP contribution in [0.2, 0.25) is 0 Å². The molecule has 1 aromatic carbocycles. The quantitative estimate of drug-likeness (QED) is 0.787. The van der Waals surface area contributed by atoms with Gasteiger partial charge in [-0.05, 0) is 0 Å². The van der Waals surface area contributed by atoms with Crippen molar-refractivity contribution in [1.82, 2.24) is 5.32 Å². The van der Waals surface area contributed by atoms with E-state index in [0.29, 0.717) is 4.56 Å². The first-order chi connectivity index (χ1) is 5.75. The number of hydrogen-bond donors (Lipinski definition) is 1. The number of amides is 1. The van der Waals surface area contributed by atoms with Crippen LogP contribution in [0.15, 0.2) is 24.3 Å². The van der Waals surface area contributed by atoms with E-state index in [1.165, 1.54) is 34.7 Å². The van der Waals surface area contributed by atoms with Gasteiger partial charge in [-0.1, -0.05) is 0 Å². The van der Waals surface area contributed by atoms with Crippen molar-refractivity contribution >= 4 is 28.4 Å². The molecule has 0 heterocycles. The summed E-state index contributed by atoms with van der Waals surface area (Å²) in [5.74, 6) is -0.816. The summed E-state index contributed by atoms with van der Waals surface area (Å²) in [5.41, 5.74) is 0.111. The second-order valence-electron chi connectivity index (χ2n) is 2.16.